The molecule has 2 N–H and O–H groups in total. The summed E-state index contributed by atoms with van der Waals surface area (Å²) in [6.07, 6.45) is 1.12. The van der Waals surface area contributed by atoms with Crippen molar-refractivity contribution in [2.24, 2.45) is 0 Å². The molecule has 0 radical (unpaired) electrons. The van der Waals surface area contributed by atoms with Gasteiger partial charge < -0.3 is 10.6 Å². The maximum Gasteiger partial charge on any atom is 0.146 e. The molecule has 0 aliphatic carbocycles. The minimum Gasteiger partial charge on any atom is -0.381 e. The lowest BCUT2D eigenvalue weighted by atomic mass is 10.2. The Hall–Kier alpha value is -1.09. The number of hydrogen-bond donors (Lipinski definition) is 2. The highest BCUT2D eigenvalue weighted by Gasteiger charge is 1.99. The molecule has 0 bridgehead atoms. The fraction of sp³-hybridized carbons (Fsp3) is 0.500. The Labute approximate surface area is 90.9 Å². The largest absolute Gasteiger partial charge is 0.381 e. The maximum absolute atomic E-state index is 13.3. The molecule has 2 nitrogen and oxygen atoms in total. The van der Waals surface area contributed by atoms with Crippen LogP contribution in [0.5, 0.6) is 0 Å². The van der Waals surface area contributed by atoms with Crippen LogP contribution in [0, 0.1) is 12.7 Å². The Bertz CT molecular complexity index is 300. The van der Waals surface area contributed by atoms with Gasteiger partial charge in [-0.2, -0.15) is 0 Å². The molecule has 0 aromatic heterocycles. The van der Waals surface area contributed by atoms with Crippen LogP contribution in [0.25, 0.3) is 0 Å². The Morgan fingerprint density at radius 1 is 1.20 bits per heavy atom. The van der Waals surface area contributed by atoms with Crippen molar-refractivity contribution in [2.45, 2.75) is 20.3 Å². The van der Waals surface area contributed by atoms with Crippen molar-refractivity contribution in [3.8, 4) is 0 Å². The van der Waals surface area contributed by atoms with E-state index in [-0.39, 0.29) is 5.82 Å². The average Bonchev–Trinajstić information content (AvgIpc) is 2.20. The summed E-state index contributed by atoms with van der Waals surface area (Å²) in [5, 5.41) is 6.31. The second-order valence-corrected chi connectivity index (χ2v) is 3.66. The number of halogens is 1. The van der Waals surface area contributed by atoms with Crippen LogP contribution in [0.2, 0.25) is 0 Å². The van der Waals surface area contributed by atoms with Crippen LogP contribution in [0.15, 0.2) is 18.2 Å². The monoisotopic (exact) mass is 210 g/mol. The first-order valence-electron chi connectivity index (χ1n) is 5.44. The first kappa shape index (κ1) is 12.0. The van der Waals surface area contributed by atoms with Crippen molar-refractivity contribution in [1.29, 1.82) is 0 Å². The van der Waals surface area contributed by atoms with Gasteiger partial charge in [0.1, 0.15) is 5.82 Å². The van der Waals surface area contributed by atoms with E-state index in [1.807, 2.05) is 13.0 Å². The molecule has 1 aromatic carbocycles. The maximum atomic E-state index is 13.3. The van der Waals surface area contributed by atoms with Gasteiger partial charge in [0.25, 0.3) is 0 Å². The second kappa shape index (κ2) is 6.40. The molecule has 0 unspecified atom stereocenters. The Morgan fingerprint density at radius 2 is 2.00 bits per heavy atom. The summed E-state index contributed by atoms with van der Waals surface area (Å²) in [6, 6.07) is 5.23. The summed E-state index contributed by atoms with van der Waals surface area (Å²) in [5.74, 6) is -0.175. The van der Waals surface area contributed by atoms with Crippen molar-refractivity contribution in [3.05, 3.63) is 29.6 Å². The van der Waals surface area contributed by atoms with E-state index in [1.165, 1.54) is 0 Å². The number of anilines is 1. The van der Waals surface area contributed by atoms with E-state index in [4.69, 9.17) is 0 Å². The summed E-state index contributed by atoms with van der Waals surface area (Å²) < 4.78 is 13.3. The lowest BCUT2D eigenvalue weighted by Gasteiger charge is -2.08. The Balaban J connectivity index is 2.31. The molecule has 0 aliphatic rings. The second-order valence-electron chi connectivity index (χ2n) is 3.66. The average molecular weight is 210 g/mol. The highest BCUT2D eigenvalue weighted by atomic mass is 19.1. The van der Waals surface area contributed by atoms with Gasteiger partial charge in [-0.3, -0.25) is 0 Å². The molecule has 84 valence electrons. The van der Waals surface area contributed by atoms with Crippen LogP contribution in [0.3, 0.4) is 0 Å². The molecule has 0 heterocycles. The van der Waals surface area contributed by atoms with Gasteiger partial charge in [0, 0.05) is 13.1 Å². The van der Waals surface area contributed by atoms with Crippen molar-refractivity contribution < 1.29 is 4.39 Å². The van der Waals surface area contributed by atoms with E-state index in [9.17, 15) is 4.39 Å². The molecule has 1 aromatic rings. The third kappa shape index (κ3) is 4.30. The summed E-state index contributed by atoms with van der Waals surface area (Å²) >= 11 is 0. The quantitative estimate of drug-likeness (QED) is 0.705. The van der Waals surface area contributed by atoms with Gasteiger partial charge in [-0.15, -0.1) is 0 Å². The smallest absolute Gasteiger partial charge is 0.146 e. The van der Waals surface area contributed by atoms with E-state index < -0.39 is 0 Å². The highest BCUT2D eigenvalue weighted by molar-refractivity contribution is 5.46. The van der Waals surface area contributed by atoms with Crippen LogP contribution in [-0.4, -0.2) is 19.6 Å². The van der Waals surface area contributed by atoms with Gasteiger partial charge in [-0.1, -0.05) is 13.0 Å². The number of aryl methyl sites for hydroxylation is 1. The summed E-state index contributed by atoms with van der Waals surface area (Å²) in [6.45, 7) is 6.63. The third-order valence-corrected chi connectivity index (χ3v) is 2.17. The van der Waals surface area contributed by atoms with Crippen molar-refractivity contribution >= 4 is 5.69 Å². The third-order valence-electron chi connectivity index (χ3n) is 2.17. The number of rotatable bonds is 6. The van der Waals surface area contributed by atoms with Crippen molar-refractivity contribution in [1.82, 2.24) is 5.32 Å². The molecule has 3 heteroatoms. The first-order valence-corrected chi connectivity index (χ1v) is 5.44. The minimum atomic E-state index is -0.175. The van der Waals surface area contributed by atoms with Crippen LogP contribution >= 0.6 is 0 Å². The zero-order valence-corrected chi connectivity index (χ0v) is 9.44. The van der Waals surface area contributed by atoms with Crippen LogP contribution < -0.4 is 10.6 Å². The molecule has 0 saturated heterocycles. The molecule has 15 heavy (non-hydrogen) atoms. The number of nitrogens with one attached hydrogen (secondary N) is 2. The molecule has 0 atom stereocenters. The zero-order chi connectivity index (χ0) is 11.1. The Kier molecular flexibility index (Phi) is 5.12. The van der Waals surface area contributed by atoms with E-state index in [0.29, 0.717) is 5.69 Å². The number of hydrogen-bond acceptors (Lipinski definition) is 2. The fourth-order valence-corrected chi connectivity index (χ4v) is 1.35. The fourth-order valence-electron chi connectivity index (χ4n) is 1.35. The minimum absolute atomic E-state index is 0.175. The van der Waals surface area contributed by atoms with Crippen LogP contribution in [0.1, 0.15) is 18.9 Å². The topological polar surface area (TPSA) is 24.1 Å². The lowest BCUT2D eigenvalue weighted by molar-refractivity contribution is 0.627. The van der Waals surface area contributed by atoms with Gasteiger partial charge in [-0.05, 0) is 37.6 Å². The molecule has 0 fully saturated rings. The van der Waals surface area contributed by atoms with E-state index in [1.54, 1.807) is 12.1 Å². The van der Waals surface area contributed by atoms with Gasteiger partial charge >= 0.3 is 0 Å². The first-order chi connectivity index (χ1) is 7.24. The van der Waals surface area contributed by atoms with Crippen LogP contribution in [-0.2, 0) is 0 Å². The zero-order valence-electron chi connectivity index (χ0n) is 9.44. The SMILES string of the molecule is CCCNCCNc1ccc(C)cc1F. The highest BCUT2D eigenvalue weighted by Crippen LogP contribution is 2.14. The predicted molar refractivity (Wildman–Crippen MR) is 62.8 cm³/mol. The molecule has 0 saturated carbocycles. The Morgan fingerprint density at radius 3 is 2.67 bits per heavy atom. The van der Waals surface area contributed by atoms with Crippen LogP contribution in [0.4, 0.5) is 10.1 Å². The van der Waals surface area contributed by atoms with E-state index >= 15 is 0 Å². The van der Waals surface area contributed by atoms with Gasteiger partial charge in [0.2, 0.25) is 0 Å². The van der Waals surface area contributed by atoms with Crippen molar-refractivity contribution in [2.75, 3.05) is 25.0 Å². The predicted octanol–water partition coefficient (Wildman–Crippen LogP) is 2.55. The summed E-state index contributed by atoms with van der Waals surface area (Å²) in [4.78, 5) is 0. The summed E-state index contributed by atoms with van der Waals surface area (Å²) in [7, 11) is 0. The molecule has 0 amide bonds. The summed E-state index contributed by atoms with van der Waals surface area (Å²) in [5.41, 5.74) is 1.53. The standard InChI is InChI=1S/C12H19FN2/c1-3-6-14-7-8-15-12-5-4-10(2)9-11(12)13/h4-5,9,14-15H,3,6-8H2,1-2H3. The molecular weight excluding hydrogens is 191 g/mol. The van der Waals surface area contributed by atoms with Gasteiger partial charge in [-0.25, -0.2) is 4.39 Å². The molecule has 0 aliphatic heterocycles. The van der Waals surface area contributed by atoms with Crippen molar-refractivity contribution in [3.63, 3.8) is 0 Å². The van der Waals surface area contributed by atoms with E-state index in [0.717, 1.165) is 31.6 Å². The van der Waals surface area contributed by atoms with E-state index in [2.05, 4.69) is 17.6 Å². The molecular formula is C12H19FN2. The van der Waals surface area contributed by atoms with Gasteiger partial charge in [0.05, 0.1) is 5.69 Å². The van der Waals surface area contributed by atoms with Gasteiger partial charge in [0.15, 0.2) is 0 Å². The normalized spacial score (nSPS) is 10.3. The number of benzene rings is 1. The lowest BCUT2D eigenvalue weighted by Crippen LogP contribution is -2.23. The molecule has 0 spiro atoms. The molecule has 1 rings (SSSR count).